The SMILES string of the molecule is COc1ccc(C=C2SC(=S)N(C(C)C(=O)[O-])C2=O)cc1. The number of amides is 1. The molecule has 110 valence electrons. The summed E-state index contributed by atoms with van der Waals surface area (Å²) in [5, 5.41) is 10.9. The summed E-state index contributed by atoms with van der Waals surface area (Å²) in [6.07, 6.45) is 1.67. The molecule has 1 aromatic rings. The van der Waals surface area contributed by atoms with Gasteiger partial charge in [0.05, 0.1) is 24.0 Å². The highest BCUT2D eigenvalue weighted by atomic mass is 32.2. The lowest BCUT2D eigenvalue weighted by Crippen LogP contribution is -2.48. The Labute approximate surface area is 131 Å². The minimum Gasteiger partial charge on any atom is -0.548 e. The molecular formula is C14H12NO4S2-. The van der Waals surface area contributed by atoms with E-state index >= 15 is 0 Å². The Morgan fingerprint density at radius 2 is 2.05 bits per heavy atom. The lowest BCUT2D eigenvalue weighted by atomic mass is 10.2. The van der Waals surface area contributed by atoms with E-state index in [1.54, 1.807) is 37.5 Å². The average molecular weight is 322 g/mol. The van der Waals surface area contributed by atoms with Crippen molar-refractivity contribution in [2.75, 3.05) is 7.11 Å². The fraction of sp³-hybridized carbons (Fsp3) is 0.214. The summed E-state index contributed by atoms with van der Waals surface area (Å²) < 4.78 is 5.28. The van der Waals surface area contributed by atoms with Gasteiger partial charge in [-0.25, -0.2) is 0 Å². The molecule has 0 spiro atoms. The van der Waals surface area contributed by atoms with Gasteiger partial charge in [0.1, 0.15) is 10.1 Å². The van der Waals surface area contributed by atoms with Gasteiger partial charge in [-0.3, -0.25) is 9.69 Å². The number of carbonyl (C=O) groups is 2. The van der Waals surface area contributed by atoms with E-state index in [9.17, 15) is 14.7 Å². The van der Waals surface area contributed by atoms with Crippen molar-refractivity contribution < 1.29 is 19.4 Å². The van der Waals surface area contributed by atoms with Gasteiger partial charge in [0.15, 0.2) is 0 Å². The molecule has 2 rings (SSSR count). The maximum absolute atomic E-state index is 12.2. The van der Waals surface area contributed by atoms with Crippen LogP contribution >= 0.6 is 24.0 Å². The minimum atomic E-state index is -1.34. The van der Waals surface area contributed by atoms with Gasteiger partial charge in [0, 0.05) is 0 Å². The zero-order valence-electron chi connectivity index (χ0n) is 11.4. The van der Waals surface area contributed by atoms with Crippen LogP contribution in [0.25, 0.3) is 6.08 Å². The van der Waals surface area contributed by atoms with E-state index in [0.717, 1.165) is 22.2 Å². The molecule has 21 heavy (non-hydrogen) atoms. The molecule has 0 saturated carbocycles. The van der Waals surface area contributed by atoms with Crippen LogP contribution in [0.4, 0.5) is 0 Å². The molecule has 1 unspecified atom stereocenters. The summed E-state index contributed by atoms with van der Waals surface area (Å²) >= 11 is 6.14. The largest absolute Gasteiger partial charge is 0.548 e. The van der Waals surface area contributed by atoms with Crippen LogP contribution in [0.2, 0.25) is 0 Å². The number of aliphatic carboxylic acids is 1. The van der Waals surface area contributed by atoms with E-state index in [-0.39, 0.29) is 4.32 Å². The highest BCUT2D eigenvalue weighted by Crippen LogP contribution is 2.33. The summed E-state index contributed by atoms with van der Waals surface area (Å²) in [5.74, 6) is -1.04. The first kappa shape index (κ1) is 15.5. The third kappa shape index (κ3) is 3.25. The third-order valence-electron chi connectivity index (χ3n) is 2.97. The highest BCUT2D eigenvalue weighted by molar-refractivity contribution is 8.26. The number of methoxy groups -OCH3 is 1. The number of rotatable bonds is 4. The van der Waals surface area contributed by atoms with Crippen molar-refractivity contribution in [2.24, 2.45) is 0 Å². The van der Waals surface area contributed by atoms with Crippen LogP contribution in [0.3, 0.4) is 0 Å². The lowest BCUT2D eigenvalue weighted by molar-refractivity contribution is -0.309. The molecule has 1 aliphatic heterocycles. The van der Waals surface area contributed by atoms with Crippen LogP contribution in [0, 0.1) is 0 Å². The Balaban J connectivity index is 2.25. The van der Waals surface area contributed by atoms with E-state index in [0.29, 0.717) is 10.7 Å². The van der Waals surface area contributed by atoms with Crippen molar-refractivity contribution in [3.8, 4) is 5.75 Å². The Morgan fingerprint density at radius 3 is 2.57 bits per heavy atom. The predicted octanol–water partition coefficient (Wildman–Crippen LogP) is 1.03. The summed E-state index contributed by atoms with van der Waals surface area (Å²) in [5.41, 5.74) is 0.803. The molecule has 0 aliphatic carbocycles. The number of ether oxygens (including phenoxy) is 1. The van der Waals surface area contributed by atoms with Crippen LogP contribution < -0.4 is 9.84 Å². The molecule has 1 heterocycles. The number of carbonyl (C=O) groups excluding carboxylic acids is 2. The predicted molar refractivity (Wildman–Crippen MR) is 82.5 cm³/mol. The van der Waals surface area contributed by atoms with Gasteiger partial charge in [-0.2, -0.15) is 0 Å². The number of carboxylic acid groups (broad SMARTS) is 1. The standard InChI is InChI=1S/C14H13NO4S2/c1-8(13(17)18)15-12(16)11(21-14(15)20)7-9-3-5-10(19-2)6-4-9/h3-8H,1-2H3,(H,17,18)/p-1. The molecule has 5 nitrogen and oxygen atoms in total. The molecule has 1 atom stereocenters. The first-order valence-electron chi connectivity index (χ1n) is 6.06. The van der Waals surface area contributed by atoms with Crippen LogP contribution in [0.5, 0.6) is 5.75 Å². The summed E-state index contributed by atoms with van der Waals surface area (Å²) in [7, 11) is 1.57. The van der Waals surface area contributed by atoms with Crippen molar-refractivity contribution in [2.45, 2.75) is 13.0 Å². The molecule has 0 radical (unpaired) electrons. The van der Waals surface area contributed by atoms with Crippen LogP contribution in [-0.2, 0) is 9.59 Å². The van der Waals surface area contributed by atoms with Crippen LogP contribution in [0.15, 0.2) is 29.2 Å². The van der Waals surface area contributed by atoms with Gasteiger partial charge >= 0.3 is 0 Å². The molecule has 1 aliphatic rings. The van der Waals surface area contributed by atoms with E-state index in [2.05, 4.69) is 0 Å². The first-order chi connectivity index (χ1) is 9.93. The van der Waals surface area contributed by atoms with Gasteiger partial charge in [-0.15, -0.1) is 0 Å². The average Bonchev–Trinajstić information content (AvgIpc) is 2.73. The molecule has 1 saturated heterocycles. The van der Waals surface area contributed by atoms with E-state index in [1.165, 1.54) is 6.92 Å². The van der Waals surface area contributed by atoms with Crippen LogP contribution in [-0.4, -0.2) is 34.2 Å². The first-order valence-corrected chi connectivity index (χ1v) is 7.28. The van der Waals surface area contributed by atoms with Crippen molar-refractivity contribution in [3.63, 3.8) is 0 Å². The Bertz CT molecular complexity index is 624. The smallest absolute Gasteiger partial charge is 0.266 e. The third-order valence-corrected chi connectivity index (χ3v) is 4.30. The number of thioether (sulfide) groups is 1. The lowest BCUT2D eigenvalue weighted by Gasteiger charge is -2.23. The van der Waals surface area contributed by atoms with Crippen LogP contribution in [0.1, 0.15) is 12.5 Å². The molecular weight excluding hydrogens is 310 g/mol. The quantitative estimate of drug-likeness (QED) is 0.609. The molecule has 1 amide bonds. The molecule has 0 N–H and O–H groups in total. The fourth-order valence-electron chi connectivity index (χ4n) is 1.77. The second-order valence-corrected chi connectivity index (χ2v) is 6.00. The van der Waals surface area contributed by atoms with Gasteiger partial charge in [0.2, 0.25) is 0 Å². The number of carboxylic acids is 1. The topological polar surface area (TPSA) is 69.7 Å². The van der Waals surface area contributed by atoms with Crippen molar-refractivity contribution in [3.05, 3.63) is 34.7 Å². The second-order valence-electron chi connectivity index (χ2n) is 4.32. The van der Waals surface area contributed by atoms with Crippen molar-refractivity contribution in [1.29, 1.82) is 0 Å². The Hall–Kier alpha value is -1.86. The van der Waals surface area contributed by atoms with E-state index < -0.39 is 17.9 Å². The van der Waals surface area contributed by atoms with E-state index in [1.807, 2.05) is 0 Å². The number of hydrogen-bond donors (Lipinski definition) is 0. The zero-order chi connectivity index (χ0) is 15.6. The van der Waals surface area contributed by atoms with E-state index in [4.69, 9.17) is 17.0 Å². The molecule has 1 aromatic carbocycles. The number of nitrogens with zero attached hydrogens (tertiary/aromatic N) is 1. The van der Waals surface area contributed by atoms with Gasteiger partial charge < -0.3 is 14.6 Å². The van der Waals surface area contributed by atoms with Gasteiger partial charge in [-0.1, -0.05) is 36.1 Å². The number of hydrogen-bond acceptors (Lipinski definition) is 6. The van der Waals surface area contributed by atoms with Crippen molar-refractivity contribution in [1.82, 2.24) is 4.90 Å². The van der Waals surface area contributed by atoms with Gasteiger partial charge in [-0.05, 0) is 30.7 Å². The number of benzene rings is 1. The molecule has 0 bridgehead atoms. The second kappa shape index (κ2) is 6.28. The minimum absolute atomic E-state index is 0.219. The highest BCUT2D eigenvalue weighted by Gasteiger charge is 2.35. The fourth-order valence-corrected chi connectivity index (χ4v) is 3.19. The molecule has 7 heteroatoms. The normalized spacial score (nSPS) is 18.2. The Morgan fingerprint density at radius 1 is 1.43 bits per heavy atom. The molecule has 1 fully saturated rings. The number of thiocarbonyl (C=S) groups is 1. The maximum Gasteiger partial charge on any atom is 0.266 e. The zero-order valence-corrected chi connectivity index (χ0v) is 13.0. The summed E-state index contributed by atoms with van der Waals surface area (Å²) in [6, 6.07) is 6.06. The maximum atomic E-state index is 12.2. The molecule has 0 aromatic heterocycles. The van der Waals surface area contributed by atoms with Crippen molar-refractivity contribution >= 4 is 46.3 Å². The summed E-state index contributed by atoms with van der Waals surface area (Å²) in [6.45, 7) is 1.37. The monoisotopic (exact) mass is 322 g/mol. The van der Waals surface area contributed by atoms with Gasteiger partial charge in [0.25, 0.3) is 5.91 Å². The summed E-state index contributed by atoms with van der Waals surface area (Å²) in [4.78, 5) is 24.6. The Kier molecular flexibility index (Phi) is 4.64.